The third kappa shape index (κ3) is 5.54. The number of benzene rings is 2. The lowest BCUT2D eigenvalue weighted by Gasteiger charge is -2.31. The molecular weight excluding hydrogens is 374 g/mol. The number of anilines is 2. The van der Waals surface area contributed by atoms with Crippen molar-refractivity contribution >= 4 is 17.3 Å². The van der Waals surface area contributed by atoms with Gasteiger partial charge in [-0.1, -0.05) is 31.4 Å². The van der Waals surface area contributed by atoms with Crippen LogP contribution in [0.5, 0.6) is 5.75 Å². The average molecular weight is 409 g/mol. The third-order valence-corrected chi connectivity index (χ3v) is 6.46. The van der Waals surface area contributed by atoms with Crippen molar-refractivity contribution in [3.05, 3.63) is 54.1 Å². The summed E-state index contributed by atoms with van der Waals surface area (Å²) >= 11 is 0. The molecule has 30 heavy (non-hydrogen) atoms. The first-order valence-electron chi connectivity index (χ1n) is 11.4. The van der Waals surface area contributed by atoms with Gasteiger partial charge in [-0.3, -0.25) is 4.79 Å². The molecule has 2 aromatic rings. The van der Waals surface area contributed by atoms with Crippen LogP contribution < -0.4 is 19.9 Å². The van der Waals surface area contributed by atoms with Crippen LogP contribution in [0.25, 0.3) is 0 Å². The fraction of sp³-hybridized carbons (Fsp3) is 0.480. The van der Waals surface area contributed by atoms with Crippen LogP contribution in [-0.4, -0.2) is 45.7 Å². The first kappa shape index (κ1) is 20.7. The highest BCUT2D eigenvalue weighted by molar-refractivity contribution is 5.92. The van der Waals surface area contributed by atoms with Crippen molar-refractivity contribution in [3.63, 3.8) is 0 Å². The number of piperazine rings is 1. The van der Waals surface area contributed by atoms with Crippen molar-refractivity contribution in [2.45, 2.75) is 38.0 Å². The van der Waals surface area contributed by atoms with Crippen LogP contribution in [0.15, 0.2) is 48.5 Å². The lowest BCUT2D eigenvalue weighted by molar-refractivity contribution is -0.880. The minimum Gasteiger partial charge on any atom is -0.484 e. The molecule has 4 rings (SSSR count). The topological polar surface area (TPSA) is 46.0 Å². The van der Waals surface area contributed by atoms with Crippen LogP contribution >= 0.6 is 0 Å². The quantitative estimate of drug-likeness (QED) is 0.772. The van der Waals surface area contributed by atoms with Gasteiger partial charge in [0.2, 0.25) is 0 Å². The van der Waals surface area contributed by atoms with Crippen molar-refractivity contribution < 1.29 is 14.4 Å². The molecule has 0 atom stereocenters. The molecule has 0 unspecified atom stereocenters. The second-order valence-corrected chi connectivity index (χ2v) is 8.73. The predicted molar refractivity (Wildman–Crippen MR) is 122 cm³/mol. The summed E-state index contributed by atoms with van der Waals surface area (Å²) in [4.78, 5) is 16.3. The van der Waals surface area contributed by atoms with E-state index in [1.807, 2.05) is 24.3 Å². The van der Waals surface area contributed by atoms with Crippen LogP contribution in [0.1, 0.15) is 43.6 Å². The summed E-state index contributed by atoms with van der Waals surface area (Å²) < 4.78 is 5.69. The summed E-state index contributed by atoms with van der Waals surface area (Å²) in [6.45, 7) is 4.50. The van der Waals surface area contributed by atoms with Crippen molar-refractivity contribution in [2.75, 3.05) is 50.1 Å². The van der Waals surface area contributed by atoms with Gasteiger partial charge in [-0.25, -0.2) is 0 Å². The molecule has 0 spiro atoms. The van der Waals surface area contributed by atoms with Crippen LogP contribution in [0, 0.1) is 0 Å². The number of quaternary nitrogens is 1. The largest absolute Gasteiger partial charge is 0.484 e. The van der Waals surface area contributed by atoms with Crippen molar-refractivity contribution in [1.29, 1.82) is 0 Å². The van der Waals surface area contributed by atoms with Crippen LogP contribution in [-0.2, 0) is 4.79 Å². The number of carbonyl (C=O) groups is 1. The monoisotopic (exact) mass is 408 g/mol. The van der Waals surface area contributed by atoms with Gasteiger partial charge in [-0.15, -0.1) is 0 Å². The number of hydrogen-bond donors (Lipinski definition) is 2. The van der Waals surface area contributed by atoms with Crippen molar-refractivity contribution in [1.82, 2.24) is 0 Å². The standard InChI is InChI=1S/C25H33N3O2/c1-27-15-17-28(18-16-27)23-11-9-22(10-12-23)26-25(29)19-30-24-13-7-21(8-14-24)20-5-3-2-4-6-20/h7-14,20H,2-6,15-19H2,1H3,(H,26,29)/p+1. The zero-order valence-corrected chi connectivity index (χ0v) is 18.0. The highest BCUT2D eigenvalue weighted by Gasteiger charge is 2.17. The van der Waals surface area contributed by atoms with Crippen molar-refractivity contribution in [2.24, 2.45) is 0 Å². The van der Waals surface area contributed by atoms with Gasteiger partial charge in [-0.2, -0.15) is 0 Å². The lowest BCUT2D eigenvalue weighted by Crippen LogP contribution is -3.12. The van der Waals surface area contributed by atoms with Gasteiger partial charge in [0.25, 0.3) is 5.91 Å². The van der Waals surface area contributed by atoms with Crippen LogP contribution in [0.2, 0.25) is 0 Å². The van der Waals surface area contributed by atoms with E-state index in [1.54, 1.807) is 4.90 Å². The Kier molecular flexibility index (Phi) is 6.90. The normalized spacial score (nSPS) is 18.2. The maximum absolute atomic E-state index is 12.3. The van der Waals surface area contributed by atoms with Gasteiger partial charge in [0.1, 0.15) is 5.75 Å². The van der Waals surface area contributed by atoms with Gasteiger partial charge in [0, 0.05) is 11.4 Å². The summed E-state index contributed by atoms with van der Waals surface area (Å²) in [5.41, 5.74) is 3.42. The SMILES string of the molecule is C[NH+]1CCN(c2ccc(NC(=O)COc3ccc(C4CCCCC4)cc3)cc2)CC1. The van der Waals surface area contributed by atoms with Crippen molar-refractivity contribution in [3.8, 4) is 5.75 Å². The molecule has 1 aliphatic carbocycles. The second kappa shape index (κ2) is 9.98. The molecule has 0 bridgehead atoms. The zero-order chi connectivity index (χ0) is 20.8. The average Bonchev–Trinajstić information content (AvgIpc) is 2.80. The van der Waals surface area contributed by atoms with E-state index in [-0.39, 0.29) is 12.5 Å². The molecule has 1 saturated heterocycles. The van der Waals surface area contributed by atoms with Gasteiger partial charge in [0.05, 0.1) is 33.2 Å². The fourth-order valence-electron chi connectivity index (χ4n) is 4.52. The minimum atomic E-state index is -0.137. The second-order valence-electron chi connectivity index (χ2n) is 8.73. The summed E-state index contributed by atoms with van der Waals surface area (Å²) in [5.74, 6) is 1.30. The first-order chi connectivity index (χ1) is 14.7. The molecule has 1 aliphatic heterocycles. The molecule has 2 aromatic carbocycles. The third-order valence-electron chi connectivity index (χ3n) is 6.46. The van der Waals surface area contributed by atoms with Gasteiger partial charge in [0.15, 0.2) is 6.61 Å². The number of nitrogens with zero attached hydrogens (tertiary/aromatic N) is 1. The molecule has 0 aromatic heterocycles. The van der Waals surface area contributed by atoms with E-state index in [9.17, 15) is 4.79 Å². The number of ether oxygens (including phenoxy) is 1. The number of nitrogens with one attached hydrogen (secondary N) is 2. The Morgan fingerprint density at radius 1 is 1.00 bits per heavy atom. The maximum atomic E-state index is 12.3. The van der Waals surface area contributed by atoms with Gasteiger partial charge < -0.3 is 19.9 Å². The van der Waals surface area contributed by atoms with E-state index in [1.165, 1.54) is 43.4 Å². The van der Waals surface area contributed by atoms with E-state index in [2.05, 4.69) is 41.5 Å². The zero-order valence-electron chi connectivity index (χ0n) is 18.0. The minimum absolute atomic E-state index is 0.0196. The molecule has 2 N–H and O–H groups in total. The van der Waals surface area contributed by atoms with E-state index < -0.39 is 0 Å². The fourth-order valence-corrected chi connectivity index (χ4v) is 4.52. The number of likely N-dealkylation sites (N-methyl/N-ethyl adjacent to an activating group) is 1. The summed E-state index contributed by atoms with van der Waals surface area (Å²) in [7, 11) is 2.24. The number of hydrogen-bond acceptors (Lipinski definition) is 3. The van der Waals surface area contributed by atoms with E-state index in [0.29, 0.717) is 5.92 Å². The Morgan fingerprint density at radius 3 is 2.33 bits per heavy atom. The van der Waals surface area contributed by atoms with Gasteiger partial charge >= 0.3 is 0 Å². The number of carbonyl (C=O) groups excluding carboxylic acids is 1. The molecular formula is C25H34N3O2+. The number of rotatable bonds is 6. The molecule has 160 valence electrons. The summed E-state index contributed by atoms with van der Waals surface area (Å²) in [5, 5.41) is 2.93. The Bertz CT molecular complexity index is 805. The Morgan fingerprint density at radius 2 is 1.67 bits per heavy atom. The lowest BCUT2D eigenvalue weighted by atomic mass is 9.84. The highest BCUT2D eigenvalue weighted by Crippen LogP contribution is 2.33. The first-order valence-corrected chi connectivity index (χ1v) is 11.4. The molecule has 1 heterocycles. The molecule has 0 radical (unpaired) electrons. The Hall–Kier alpha value is -2.53. The molecule has 1 saturated carbocycles. The number of amides is 1. The van der Waals surface area contributed by atoms with Crippen LogP contribution in [0.4, 0.5) is 11.4 Å². The van der Waals surface area contributed by atoms with Crippen LogP contribution in [0.3, 0.4) is 0 Å². The smallest absolute Gasteiger partial charge is 0.262 e. The molecule has 1 amide bonds. The van der Waals surface area contributed by atoms with E-state index >= 15 is 0 Å². The predicted octanol–water partition coefficient (Wildman–Crippen LogP) is 3.09. The Balaban J connectivity index is 1.23. The molecule has 5 nitrogen and oxygen atoms in total. The molecule has 2 fully saturated rings. The molecule has 2 aliphatic rings. The highest BCUT2D eigenvalue weighted by atomic mass is 16.5. The summed E-state index contributed by atoms with van der Waals surface area (Å²) in [6, 6.07) is 16.4. The van der Waals surface area contributed by atoms with Gasteiger partial charge in [-0.05, 0) is 60.7 Å². The van der Waals surface area contributed by atoms with E-state index in [0.717, 1.165) is 37.6 Å². The van der Waals surface area contributed by atoms with E-state index in [4.69, 9.17) is 4.74 Å². The molecule has 5 heteroatoms. The summed E-state index contributed by atoms with van der Waals surface area (Å²) in [6.07, 6.45) is 6.61. The Labute approximate surface area is 180 Å². The maximum Gasteiger partial charge on any atom is 0.262 e.